The molecule has 0 bridgehead atoms. The molecule has 0 saturated carbocycles. The Morgan fingerprint density at radius 3 is 2.44 bits per heavy atom. The van der Waals surface area contributed by atoms with E-state index in [9.17, 15) is 13.2 Å². The van der Waals surface area contributed by atoms with E-state index in [1.165, 1.54) is 10.6 Å². The lowest BCUT2D eigenvalue weighted by atomic mass is 10.1. The Labute approximate surface area is 170 Å². The number of amides is 1. The lowest BCUT2D eigenvalue weighted by Crippen LogP contribution is -2.32. The molecule has 0 fully saturated rings. The number of hydrogen-bond donors (Lipinski definition) is 1. The minimum Gasteiger partial charge on any atom is -0.326 e. The van der Waals surface area contributed by atoms with Crippen LogP contribution in [0.4, 0.5) is 11.4 Å². The first-order valence-electron chi connectivity index (χ1n) is 8.38. The summed E-state index contributed by atoms with van der Waals surface area (Å²) in [6, 6.07) is 10.4. The summed E-state index contributed by atoms with van der Waals surface area (Å²) < 4.78 is 25.8. The van der Waals surface area contributed by atoms with Crippen LogP contribution in [0.2, 0.25) is 10.0 Å². The third-order valence-electron chi connectivity index (χ3n) is 4.21. The maximum absolute atomic E-state index is 12.2. The first-order valence-corrected chi connectivity index (χ1v) is 11.0. The van der Waals surface area contributed by atoms with Gasteiger partial charge < -0.3 is 5.32 Å². The fourth-order valence-electron chi connectivity index (χ4n) is 2.65. The molecule has 0 atom stereocenters. The molecular weight excluding hydrogens is 407 g/mol. The van der Waals surface area contributed by atoms with Crippen LogP contribution in [0, 0.1) is 13.8 Å². The van der Waals surface area contributed by atoms with Gasteiger partial charge in [0.1, 0.15) is 0 Å². The Morgan fingerprint density at radius 2 is 1.81 bits per heavy atom. The van der Waals surface area contributed by atoms with Crippen LogP contribution in [0.3, 0.4) is 0 Å². The smallest absolute Gasteiger partial charge is 0.232 e. The maximum Gasteiger partial charge on any atom is 0.232 e. The van der Waals surface area contributed by atoms with Crippen LogP contribution >= 0.6 is 23.2 Å². The van der Waals surface area contributed by atoms with E-state index in [1.807, 2.05) is 26.0 Å². The van der Waals surface area contributed by atoms with Gasteiger partial charge in [0.05, 0.1) is 22.0 Å². The molecule has 2 aromatic rings. The Bertz CT molecular complexity index is 946. The number of halogens is 2. The number of anilines is 2. The van der Waals surface area contributed by atoms with Gasteiger partial charge in [-0.1, -0.05) is 35.3 Å². The third kappa shape index (κ3) is 5.86. The number of nitrogens with zero attached hydrogens (tertiary/aromatic N) is 1. The Balaban J connectivity index is 2.02. The number of hydrogen-bond acceptors (Lipinski definition) is 3. The minimum absolute atomic E-state index is 0.178. The largest absolute Gasteiger partial charge is 0.326 e. The molecule has 0 aromatic heterocycles. The summed E-state index contributed by atoms with van der Waals surface area (Å²) in [6.07, 6.45) is 1.73. The van der Waals surface area contributed by atoms with Crippen molar-refractivity contribution in [3.8, 4) is 0 Å². The summed E-state index contributed by atoms with van der Waals surface area (Å²) in [5.74, 6) is -0.220. The van der Waals surface area contributed by atoms with Gasteiger partial charge in [-0.2, -0.15) is 0 Å². The van der Waals surface area contributed by atoms with Gasteiger partial charge in [0.2, 0.25) is 15.9 Å². The van der Waals surface area contributed by atoms with Crippen LogP contribution in [0.5, 0.6) is 0 Å². The van der Waals surface area contributed by atoms with E-state index in [4.69, 9.17) is 23.2 Å². The van der Waals surface area contributed by atoms with Crippen molar-refractivity contribution < 1.29 is 13.2 Å². The van der Waals surface area contributed by atoms with Gasteiger partial charge in [-0.15, -0.1) is 0 Å². The molecule has 8 heteroatoms. The van der Waals surface area contributed by atoms with E-state index < -0.39 is 10.0 Å². The molecule has 0 saturated heterocycles. The van der Waals surface area contributed by atoms with Gasteiger partial charge in [-0.05, 0) is 55.7 Å². The van der Waals surface area contributed by atoms with Crippen molar-refractivity contribution in [2.75, 3.05) is 22.4 Å². The van der Waals surface area contributed by atoms with E-state index >= 15 is 0 Å². The first-order chi connectivity index (χ1) is 12.6. The summed E-state index contributed by atoms with van der Waals surface area (Å²) >= 11 is 11.8. The molecule has 2 aromatic carbocycles. The van der Waals surface area contributed by atoms with Gasteiger partial charge in [0, 0.05) is 18.7 Å². The zero-order valence-corrected chi connectivity index (χ0v) is 17.7. The first kappa shape index (κ1) is 21.5. The van der Waals surface area contributed by atoms with E-state index in [-0.39, 0.29) is 18.9 Å². The number of nitrogens with one attached hydrogen (secondary N) is 1. The quantitative estimate of drug-likeness (QED) is 0.688. The number of aryl methyl sites for hydroxylation is 1. The van der Waals surface area contributed by atoms with Gasteiger partial charge in [0.25, 0.3) is 0 Å². The molecule has 2 rings (SSSR count). The Morgan fingerprint density at radius 1 is 1.11 bits per heavy atom. The number of benzene rings is 2. The number of carbonyl (C=O) groups excluding carboxylic acids is 1. The van der Waals surface area contributed by atoms with Gasteiger partial charge in [-0.3, -0.25) is 9.10 Å². The van der Waals surface area contributed by atoms with Crippen molar-refractivity contribution in [1.82, 2.24) is 0 Å². The fraction of sp³-hybridized carbons (Fsp3) is 0.316. The zero-order valence-electron chi connectivity index (χ0n) is 15.4. The number of sulfonamides is 1. The third-order valence-corrected chi connectivity index (χ3v) is 6.13. The average Bonchev–Trinajstić information content (AvgIpc) is 2.57. The predicted octanol–water partition coefficient (Wildman–Crippen LogP) is 4.80. The second-order valence-corrected chi connectivity index (χ2v) is 9.06. The Hall–Kier alpha value is -1.76. The molecule has 1 N–H and O–H groups in total. The molecular formula is C19H22Cl2N2O3S. The summed E-state index contributed by atoms with van der Waals surface area (Å²) in [7, 11) is -3.45. The highest BCUT2D eigenvalue weighted by Gasteiger charge is 2.20. The predicted molar refractivity (Wildman–Crippen MR) is 112 cm³/mol. The van der Waals surface area contributed by atoms with Crippen molar-refractivity contribution in [1.29, 1.82) is 0 Å². The lowest BCUT2D eigenvalue weighted by Gasteiger charge is -2.24. The molecule has 0 aliphatic carbocycles. The standard InChI is InChI=1S/C19H22Cl2N2O3S/c1-13-6-4-7-18(14(13)2)23(27(3,25)26)11-5-8-19(24)22-15-9-10-16(20)17(21)12-15/h4,6-7,9-10,12H,5,8,11H2,1-3H3,(H,22,24). The molecule has 0 unspecified atom stereocenters. The van der Waals surface area contributed by atoms with E-state index in [0.29, 0.717) is 27.8 Å². The van der Waals surface area contributed by atoms with Crippen molar-refractivity contribution >= 4 is 50.5 Å². The number of rotatable bonds is 7. The molecule has 1 amide bonds. The maximum atomic E-state index is 12.2. The summed E-state index contributed by atoms with van der Waals surface area (Å²) in [5, 5.41) is 3.50. The summed E-state index contributed by atoms with van der Waals surface area (Å²) in [4.78, 5) is 12.1. The van der Waals surface area contributed by atoms with Crippen LogP contribution < -0.4 is 9.62 Å². The van der Waals surface area contributed by atoms with Crippen LogP contribution in [0.1, 0.15) is 24.0 Å². The second kappa shape index (κ2) is 8.95. The highest BCUT2D eigenvalue weighted by molar-refractivity contribution is 7.92. The van der Waals surface area contributed by atoms with E-state index in [0.717, 1.165) is 11.1 Å². The Kier molecular flexibility index (Phi) is 7.14. The normalized spacial score (nSPS) is 11.3. The van der Waals surface area contributed by atoms with Crippen LogP contribution in [-0.2, 0) is 14.8 Å². The highest BCUT2D eigenvalue weighted by atomic mass is 35.5. The molecule has 146 valence electrons. The molecule has 0 aliphatic heterocycles. The van der Waals surface area contributed by atoms with E-state index in [1.54, 1.807) is 24.3 Å². The van der Waals surface area contributed by atoms with Gasteiger partial charge in [-0.25, -0.2) is 8.42 Å². The average molecular weight is 429 g/mol. The zero-order chi connectivity index (χ0) is 20.2. The summed E-state index contributed by atoms with van der Waals surface area (Å²) in [5.41, 5.74) is 3.10. The molecule has 5 nitrogen and oxygen atoms in total. The number of carbonyl (C=O) groups is 1. The van der Waals surface area contributed by atoms with Crippen LogP contribution in [0.25, 0.3) is 0 Å². The fourth-order valence-corrected chi connectivity index (χ4v) is 3.97. The van der Waals surface area contributed by atoms with Crippen molar-refractivity contribution in [2.24, 2.45) is 0 Å². The topological polar surface area (TPSA) is 66.5 Å². The minimum atomic E-state index is -3.45. The lowest BCUT2D eigenvalue weighted by molar-refractivity contribution is -0.116. The summed E-state index contributed by atoms with van der Waals surface area (Å²) in [6.45, 7) is 4.04. The molecule has 0 radical (unpaired) electrons. The van der Waals surface area contributed by atoms with E-state index in [2.05, 4.69) is 5.32 Å². The molecule has 0 aliphatic rings. The molecule has 0 heterocycles. The monoisotopic (exact) mass is 428 g/mol. The van der Waals surface area contributed by atoms with Crippen molar-refractivity contribution in [3.63, 3.8) is 0 Å². The van der Waals surface area contributed by atoms with Crippen LogP contribution in [-0.4, -0.2) is 27.1 Å². The second-order valence-electron chi connectivity index (χ2n) is 6.33. The van der Waals surface area contributed by atoms with Crippen molar-refractivity contribution in [3.05, 3.63) is 57.6 Å². The molecule has 0 spiro atoms. The van der Waals surface area contributed by atoms with Crippen LogP contribution in [0.15, 0.2) is 36.4 Å². The van der Waals surface area contributed by atoms with Crippen molar-refractivity contribution in [2.45, 2.75) is 26.7 Å². The van der Waals surface area contributed by atoms with Gasteiger partial charge in [0.15, 0.2) is 0 Å². The van der Waals surface area contributed by atoms with Gasteiger partial charge >= 0.3 is 0 Å². The highest BCUT2D eigenvalue weighted by Crippen LogP contribution is 2.26. The molecule has 27 heavy (non-hydrogen) atoms. The SMILES string of the molecule is Cc1cccc(N(CCCC(=O)Nc2ccc(Cl)c(Cl)c2)S(C)(=O)=O)c1C.